The average molecular weight is 1200 g/mol. The highest BCUT2D eigenvalue weighted by Gasteiger charge is 1.82. The minimum Gasteiger partial charge on any atom is -0.473 e. The lowest BCUT2D eigenvalue weighted by Crippen LogP contribution is -2.01. The van der Waals surface area contributed by atoms with Gasteiger partial charge in [-0.3, -0.25) is 40.2 Å². The van der Waals surface area contributed by atoms with Crippen molar-refractivity contribution in [2.24, 2.45) is 0 Å². The van der Waals surface area contributed by atoms with Crippen molar-refractivity contribution in [3.63, 3.8) is 0 Å². The highest BCUT2D eigenvalue weighted by Crippen LogP contribution is 1.93. The van der Waals surface area contributed by atoms with E-state index >= 15 is 0 Å². The minimum absolute atomic E-state index is 0.947. The van der Waals surface area contributed by atoms with Gasteiger partial charge in [0.05, 0.1) is 36.8 Å². The van der Waals surface area contributed by atoms with Gasteiger partial charge in [0.15, 0.2) is 6.39 Å². The number of thiazole rings is 1. The molecule has 0 saturated carbocycles. The largest absolute Gasteiger partial charge is 0.473 e. The Labute approximate surface area is 505 Å². The fourth-order valence-corrected chi connectivity index (χ4v) is 4.64. The van der Waals surface area contributed by atoms with Crippen LogP contribution in [-0.4, -0.2) is 101 Å². The summed E-state index contributed by atoms with van der Waals surface area (Å²) < 4.78 is 18.0. The van der Waals surface area contributed by atoms with Gasteiger partial charge in [0.1, 0.15) is 31.6 Å². The van der Waals surface area contributed by atoms with Crippen LogP contribution in [0.4, 0.5) is 0 Å². The Morgan fingerprint density at radius 1 is 0.337 bits per heavy atom. The van der Waals surface area contributed by atoms with E-state index in [1.165, 1.54) is 50.8 Å². The SMILES string of the molecule is C=C1C=CC=CN1.c1cc[nH]c1.c1cc[nH]c1.c1ccncc1.c1ccncc1.c1ccnnc1.c1ccoc1.c1ccoc1.c1ccsc1.c1cn[nH]c1.c1cnccn1.c1cocn1.c1cscn1.c1nc[nH]n1.c1nc[nH]n1.c1nnco1. The van der Waals surface area contributed by atoms with Gasteiger partial charge in [-0.1, -0.05) is 36.9 Å². The molecular weight excluding hydrogens is 1130 g/mol. The van der Waals surface area contributed by atoms with Crippen molar-refractivity contribution in [3.05, 3.63) is 361 Å². The Bertz CT molecular complexity index is 2310. The molecule has 1 aliphatic rings. The first-order valence-electron chi connectivity index (χ1n) is 24.7. The summed E-state index contributed by atoms with van der Waals surface area (Å²) in [6.45, 7) is 3.66. The normalized spacial score (nSPS) is 8.72. The molecule has 1 aliphatic heterocycles. The number of H-pyrrole nitrogens is 5. The molecule has 25 nitrogen and oxygen atoms in total. The number of pyridine rings is 2. The standard InChI is InChI=1S/C6H7N.2C5H5N.2C4H4N2.2C4H5N.2C4H4O.C4H4S.C3H4N2.C3H3NO.C3H3NS.2C2H3N3.C2H2N2O/c1-6-4-2-3-5-7-6;2*1-2-4-6-5-3-1;1-2-6-4-3-5-1;1-2-4-6-5-3-1;6*1-2-4-5-3-1;2*1-2-5-3-4-1;2*1-3-2-5-4-1;1-3-4-2-5-1/h2-5,7H,1H2;2*1-5H;2*1-4H;2*1-5H;3*1-4H;1-3H,(H,4,5);2*1-3H;2*1-2H,(H,3,4,5);1-2H. The molecule has 0 unspecified atom stereocenters. The van der Waals surface area contributed by atoms with Crippen LogP contribution in [0.25, 0.3) is 0 Å². The van der Waals surface area contributed by atoms with E-state index in [9.17, 15) is 0 Å². The van der Waals surface area contributed by atoms with E-state index < -0.39 is 0 Å². The highest BCUT2D eigenvalue weighted by molar-refractivity contribution is 7.07. The number of hydrogen-bond donors (Lipinski definition) is 6. The van der Waals surface area contributed by atoms with Crippen molar-refractivity contribution >= 4 is 22.7 Å². The summed E-state index contributed by atoms with van der Waals surface area (Å²) in [6.07, 6.45) is 56.6. The van der Waals surface area contributed by atoms with Gasteiger partial charge in [-0.2, -0.15) is 36.8 Å². The first kappa shape index (κ1) is 71.8. The van der Waals surface area contributed by atoms with Crippen molar-refractivity contribution in [2.45, 2.75) is 0 Å². The lowest BCUT2D eigenvalue weighted by Gasteiger charge is -1.99. The number of oxazole rings is 1. The van der Waals surface area contributed by atoms with Crippen LogP contribution in [-0.2, 0) is 0 Å². The van der Waals surface area contributed by atoms with E-state index in [4.69, 9.17) is 0 Å². The van der Waals surface area contributed by atoms with Crippen molar-refractivity contribution in [3.8, 4) is 0 Å². The number of thiophene rings is 1. The van der Waals surface area contributed by atoms with E-state index in [1.54, 1.807) is 140 Å². The fourth-order valence-electron chi connectivity index (χ4n) is 3.83. The van der Waals surface area contributed by atoms with Crippen LogP contribution >= 0.6 is 22.7 Å². The maximum atomic E-state index is 4.58. The number of nitrogens with one attached hydrogen (secondary N) is 6. The van der Waals surface area contributed by atoms with Crippen LogP contribution in [0.1, 0.15) is 0 Å². The van der Waals surface area contributed by atoms with E-state index in [2.05, 4.69) is 130 Å². The van der Waals surface area contributed by atoms with E-state index in [0.29, 0.717) is 0 Å². The van der Waals surface area contributed by atoms with Gasteiger partial charge >= 0.3 is 0 Å². The number of aromatic nitrogens is 20. The number of rotatable bonds is 0. The number of allylic oxidation sites excluding steroid dienone is 3. The first-order chi connectivity index (χ1) is 42.9. The van der Waals surface area contributed by atoms with Gasteiger partial charge in [0.2, 0.25) is 12.8 Å². The Morgan fingerprint density at radius 2 is 0.860 bits per heavy atom. The molecule has 0 atom stereocenters. The maximum absolute atomic E-state index is 4.58. The molecule has 86 heavy (non-hydrogen) atoms. The van der Waals surface area contributed by atoms with Crippen LogP contribution in [0.3, 0.4) is 0 Å². The Balaban J connectivity index is 0.000000459. The zero-order valence-corrected chi connectivity index (χ0v) is 47.9. The monoisotopic (exact) mass is 1200 g/mol. The molecule has 0 spiro atoms. The third-order valence-corrected chi connectivity index (χ3v) is 8.33. The van der Waals surface area contributed by atoms with Crippen molar-refractivity contribution in [1.29, 1.82) is 0 Å². The first-order valence-corrected chi connectivity index (χ1v) is 26.6. The molecule has 0 radical (unpaired) electrons. The zero-order chi connectivity index (χ0) is 61.0. The third-order valence-electron chi connectivity index (χ3n) is 7.18. The third kappa shape index (κ3) is 64.3. The second-order valence-corrected chi connectivity index (χ2v) is 15.0. The smallest absolute Gasteiger partial charge is 0.203 e. The molecule has 16 rings (SSSR count). The average Bonchev–Trinajstić information content (AvgIpc) is 4.44. The van der Waals surface area contributed by atoms with Gasteiger partial charge in [0, 0.05) is 123 Å². The second kappa shape index (κ2) is 67.0. The molecular formula is C59H65N21O4S2. The van der Waals surface area contributed by atoms with Crippen molar-refractivity contribution < 1.29 is 17.7 Å². The summed E-state index contributed by atoms with van der Waals surface area (Å²) in [5.41, 5.74) is 2.74. The summed E-state index contributed by atoms with van der Waals surface area (Å²) in [4.78, 5) is 35.1. The zero-order valence-electron chi connectivity index (χ0n) is 46.3. The molecule has 15 aromatic heterocycles. The van der Waals surface area contributed by atoms with Gasteiger partial charge in [-0.05, 0) is 114 Å². The molecule has 27 heteroatoms. The summed E-state index contributed by atoms with van der Waals surface area (Å²) in [5.74, 6) is 0. The van der Waals surface area contributed by atoms with E-state index in [0.717, 1.165) is 5.70 Å². The molecule has 0 aliphatic carbocycles. The Kier molecular flexibility index (Phi) is 56.0. The second-order valence-electron chi connectivity index (χ2n) is 13.4. The number of nitrogens with zero attached hydrogens (tertiary/aromatic N) is 15. The summed E-state index contributed by atoms with van der Waals surface area (Å²) in [5, 5.41) is 40.8. The fraction of sp³-hybridized carbons (Fsp3) is 0. The summed E-state index contributed by atoms with van der Waals surface area (Å²) in [7, 11) is 0. The number of hydrogen-bond acceptors (Lipinski definition) is 22. The van der Waals surface area contributed by atoms with Crippen LogP contribution < -0.4 is 5.32 Å². The lowest BCUT2D eigenvalue weighted by atomic mass is 10.3. The van der Waals surface area contributed by atoms with Crippen LogP contribution in [0, 0.1) is 0 Å². The quantitative estimate of drug-likeness (QED) is 0.0821. The van der Waals surface area contributed by atoms with Crippen molar-refractivity contribution in [2.75, 3.05) is 0 Å². The van der Waals surface area contributed by atoms with Gasteiger partial charge in [-0.25, -0.2) is 15.0 Å². The molecule has 16 heterocycles. The molecule has 442 valence electrons. The van der Waals surface area contributed by atoms with Crippen LogP contribution in [0.15, 0.2) is 379 Å². The summed E-state index contributed by atoms with van der Waals surface area (Å²) >= 11 is 3.31. The molecule has 0 saturated heterocycles. The summed E-state index contributed by atoms with van der Waals surface area (Å²) in [6, 6.07) is 36.1. The van der Waals surface area contributed by atoms with Crippen LogP contribution in [0.2, 0.25) is 0 Å². The van der Waals surface area contributed by atoms with E-state index in [-0.39, 0.29) is 0 Å². The molecule has 0 amide bonds. The van der Waals surface area contributed by atoms with Gasteiger partial charge in [-0.15, -0.1) is 21.5 Å². The highest BCUT2D eigenvalue weighted by atomic mass is 32.1. The predicted molar refractivity (Wildman–Crippen MR) is 331 cm³/mol. The van der Waals surface area contributed by atoms with Crippen molar-refractivity contribution in [1.82, 2.24) is 106 Å². The van der Waals surface area contributed by atoms with E-state index in [1.807, 2.05) is 181 Å². The number of furan rings is 2. The topological polar surface area (TPSA) is 337 Å². The Hall–Kier alpha value is -12.2. The Morgan fingerprint density at radius 3 is 1.01 bits per heavy atom. The van der Waals surface area contributed by atoms with Gasteiger partial charge < -0.3 is 33.0 Å². The molecule has 15 aromatic rings. The maximum Gasteiger partial charge on any atom is 0.203 e. The minimum atomic E-state index is 0.947. The van der Waals surface area contributed by atoms with Gasteiger partial charge in [0.25, 0.3) is 0 Å². The molecule has 0 fully saturated rings. The molecule has 6 N–H and O–H groups in total. The number of dihydropyridines is 1. The van der Waals surface area contributed by atoms with Crippen LogP contribution in [0.5, 0.6) is 0 Å². The lowest BCUT2D eigenvalue weighted by molar-refractivity contribution is 0.553. The molecule has 0 bridgehead atoms. The molecule has 0 aromatic carbocycles. The predicted octanol–water partition coefficient (Wildman–Crippen LogP) is 12.5. The number of aromatic amines is 5.